The Morgan fingerprint density at radius 3 is 2.11 bits per heavy atom. The van der Waals surface area contributed by atoms with Gasteiger partial charge < -0.3 is 15.3 Å². The van der Waals surface area contributed by atoms with Gasteiger partial charge in [0.05, 0.1) is 16.9 Å². The van der Waals surface area contributed by atoms with Gasteiger partial charge in [-0.3, -0.25) is 9.59 Å². The third-order valence-electron chi connectivity index (χ3n) is 13.2. The maximum absolute atomic E-state index is 12.8. The van der Waals surface area contributed by atoms with Crippen molar-refractivity contribution in [2.75, 3.05) is 0 Å². The Kier molecular flexibility index (Phi) is 5.32. The van der Waals surface area contributed by atoms with Crippen LogP contribution in [0.5, 0.6) is 0 Å². The summed E-state index contributed by atoms with van der Waals surface area (Å²) < 4.78 is 0. The molecule has 35 heavy (non-hydrogen) atoms. The van der Waals surface area contributed by atoms with Gasteiger partial charge in [0, 0.05) is 0 Å². The number of aliphatic hydroxyl groups is 1. The number of aliphatic hydroxyl groups excluding tert-OH is 1. The zero-order chi connectivity index (χ0) is 25.8. The van der Waals surface area contributed by atoms with Crippen molar-refractivity contribution in [2.24, 2.45) is 50.2 Å². The van der Waals surface area contributed by atoms with Gasteiger partial charge in [-0.1, -0.05) is 46.3 Å². The molecule has 0 spiro atoms. The van der Waals surface area contributed by atoms with Crippen molar-refractivity contribution in [2.45, 2.75) is 112 Å². The summed E-state index contributed by atoms with van der Waals surface area (Å²) in [7, 11) is 0. The number of aliphatic carboxylic acids is 2. The molecular weight excluding hydrogens is 440 g/mol. The Morgan fingerprint density at radius 1 is 0.829 bits per heavy atom. The molecule has 9 atom stereocenters. The molecule has 0 radical (unpaired) electrons. The fourth-order valence-corrected chi connectivity index (χ4v) is 10.6. The molecule has 0 unspecified atom stereocenters. The van der Waals surface area contributed by atoms with Crippen molar-refractivity contribution in [1.29, 1.82) is 0 Å². The monoisotopic (exact) mass is 486 g/mol. The highest BCUT2D eigenvalue weighted by atomic mass is 16.4. The van der Waals surface area contributed by atoms with Gasteiger partial charge in [-0.05, 0) is 111 Å². The van der Waals surface area contributed by atoms with E-state index in [1.165, 1.54) is 5.57 Å². The molecule has 0 bridgehead atoms. The minimum absolute atomic E-state index is 0.00368. The van der Waals surface area contributed by atoms with Crippen LogP contribution >= 0.6 is 0 Å². The molecule has 196 valence electrons. The number of allylic oxidation sites excluding steroid dienone is 2. The van der Waals surface area contributed by atoms with E-state index in [1.54, 1.807) is 6.92 Å². The first-order chi connectivity index (χ1) is 16.1. The number of rotatable bonds is 2. The Labute approximate surface area is 210 Å². The van der Waals surface area contributed by atoms with Gasteiger partial charge in [0.2, 0.25) is 0 Å². The van der Waals surface area contributed by atoms with Crippen LogP contribution < -0.4 is 0 Å². The van der Waals surface area contributed by atoms with E-state index in [2.05, 4.69) is 40.7 Å². The molecule has 0 saturated heterocycles. The van der Waals surface area contributed by atoms with Crippen molar-refractivity contribution >= 4 is 11.9 Å². The van der Waals surface area contributed by atoms with Crippen molar-refractivity contribution < 1.29 is 24.9 Å². The summed E-state index contributed by atoms with van der Waals surface area (Å²) in [5.74, 6) is -1.10. The van der Waals surface area contributed by atoms with E-state index in [0.29, 0.717) is 12.3 Å². The normalized spacial score (nSPS) is 52.7. The summed E-state index contributed by atoms with van der Waals surface area (Å²) in [6.45, 7) is 13.5. The van der Waals surface area contributed by atoms with E-state index < -0.39 is 28.9 Å². The van der Waals surface area contributed by atoms with Gasteiger partial charge in [-0.2, -0.15) is 0 Å². The lowest BCUT2D eigenvalue weighted by Crippen LogP contribution is -2.66. The first kappa shape index (κ1) is 25.3. The lowest BCUT2D eigenvalue weighted by atomic mass is 9.33. The summed E-state index contributed by atoms with van der Waals surface area (Å²) in [5.41, 5.74) is -0.437. The zero-order valence-corrected chi connectivity index (χ0v) is 22.6. The molecule has 0 aromatic heterocycles. The minimum Gasteiger partial charge on any atom is -0.481 e. The fourth-order valence-electron chi connectivity index (χ4n) is 10.6. The first-order valence-electron chi connectivity index (χ1n) is 13.9. The molecule has 4 fully saturated rings. The lowest BCUT2D eigenvalue weighted by molar-refractivity contribution is -0.217. The topological polar surface area (TPSA) is 94.8 Å². The largest absolute Gasteiger partial charge is 0.481 e. The molecular formula is C30H46O5. The van der Waals surface area contributed by atoms with Crippen LogP contribution in [0.4, 0.5) is 0 Å². The number of hydrogen-bond acceptors (Lipinski definition) is 3. The van der Waals surface area contributed by atoms with Crippen LogP contribution in [-0.2, 0) is 9.59 Å². The van der Waals surface area contributed by atoms with Crippen LogP contribution in [0.15, 0.2) is 11.6 Å². The van der Waals surface area contributed by atoms with E-state index in [4.69, 9.17) is 0 Å². The second-order valence-electron chi connectivity index (χ2n) is 14.8. The molecule has 5 nitrogen and oxygen atoms in total. The predicted octanol–water partition coefficient (Wildman–Crippen LogP) is 6.30. The molecule has 5 heteroatoms. The SMILES string of the molecule is CC1(C)CC[C@]2(C(=O)O)CC[C@@]3(C)C(=CC[C@H]4[C@@]5(C)CC[C@H](O)[C@@](C)(C(=O)O)[C@@H]5CC[C@@]43C)[C@@H]2C1. The van der Waals surface area contributed by atoms with Crippen molar-refractivity contribution in [1.82, 2.24) is 0 Å². The average molecular weight is 487 g/mol. The molecule has 0 aromatic rings. The molecule has 5 aliphatic rings. The number of carbonyl (C=O) groups is 2. The highest BCUT2D eigenvalue weighted by Crippen LogP contribution is 2.75. The highest BCUT2D eigenvalue weighted by Gasteiger charge is 2.70. The summed E-state index contributed by atoms with van der Waals surface area (Å²) in [6, 6.07) is 0. The van der Waals surface area contributed by atoms with Crippen molar-refractivity contribution in [3.05, 3.63) is 11.6 Å². The molecule has 5 aliphatic carbocycles. The Hall–Kier alpha value is -1.36. The molecule has 0 aromatic carbocycles. The number of hydrogen-bond donors (Lipinski definition) is 3. The van der Waals surface area contributed by atoms with Crippen molar-refractivity contribution in [3.63, 3.8) is 0 Å². The fraction of sp³-hybridized carbons (Fsp3) is 0.867. The lowest BCUT2D eigenvalue weighted by Gasteiger charge is -2.70. The second-order valence-corrected chi connectivity index (χ2v) is 14.8. The number of carboxylic acid groups (broad SMARTS) is 2. The Morgan fingerprint density at radius 2 is 1.49 bits per heavy atom. The van der Waals surface area contributed by atoms with Gasteiger partial charge in [0.1, 0.15) is 0 Å². The quantitative estimate of drug-likeness (QED) is 0.398. The molecule has 0 aliphatic heterocycles. The molecule has 0 heterocycles. The van der Waals surface area contributed by atoms with Gasteiger partial charge in [-0.25, -0.2) is 0 Å². The van der Waals surface area contributed by atoms with E-state index in [-0.39, 0.29) is 33.5 Å². The Bertz CT molecular complexity index is 983. The van der Waals surface area contributed by atoms with Gasteiger partial charge in [-0.15, -0.1) is 0 Å². The van der Waals surface area contributed by atoms with E-state index in [9.17, 15) is 24.9 Å². The third kappa shape index (κ3) is 2.97. The predicted molar refractivity (Wildman–Crippen MR) is 135 cm³/mol. The summed E-state index contributed by atoms with van der Waals surface area (Å²) in [5, 5.41) is 31.6. The molecule has 3 N–H and O–H groups in total. The third-order valence-corrected chi connectivity index (χ3v) is 13.2. The van der Waals surface area contributed by atoms with Crippen LogP contribution in [0, 0.1) is 50.2 Å². The van der Waals surface area contributed by atoms with Crippen LogP contribution in [-0.4, -0.2) is 33.4 Å². The second kappa shape index (κ2) is 7.36. The van der Waals surface area contributed by atoms with E-state index >= 15 is 0 Å². The van der Waals surface area contributed by atoms with E-state index in [0.717, 1.165) is 57.8 Å². The van der Waals surface area contributed by atoms with Crippen LogP contribution in [0.3, 0.4) is 0 Å². The highest BCUT2D eigenvalue weighted by molar-refractivity contribution is 5.77. The van der Waals surface area contributed by atoms with Crippen LogP contribution in [0.2, 0.25) is 0 Å². The van der Waals surface area contributed by atoms with E-state index in [1.807, 2.05) is 0 Å². The van der Waals surface area contributed by atoms with Crippen LogP contribution in [0.1, 0.15) is 106 Å². The van der Waals surface area contributed by atoms with Crippen molar-refractivity contribution in [3.8, 4) is 0 Å². The summed E-state index contributed by atoms with van der Waals surface area (Å²) in [6.07, 6.45) is 9.97. The average Bonchev–Trinajstić information content (AvgIpc) is 2.76. The standard InChI is InChI=1S/C30H46O5/c1-25(2)13-15-30(24(34)35)16-14-27(4)18(19(30)17-25)7-8-20-26(3)11-10-22(31)29(6,23(32)33)21(26)9-12-28(20,27)5/h7,19-22,31H,8-17H2,1-6H3,(H,32,33)(H,34,35)/t19-,20-,21+,22-,26+,27-,28-,29-,30-/m0/s1. The maximum Gasteiger partial charge on any atom is 0.312 e. The van der Waals surface area contributed by atoms with Gasteiger partial charge in [0.25, 0.3) is 0 Å². The molecule has 5 rings (SSSR count). The maximum atomic E-state index is 12.8. The summed E-state index contributed by atoms with van der Waals surface area (Å²) >= 11 is 0. The Balaban J connectivity index is 1.60. The van der Waals surface area contributed by atoms with Gasteiger partial charge in [0.15, 0.2) is 0 Å². The number of carboxylic acids is 2. The number of fused-ring (bicyclic) bond motifs is 7. The molecule has 4 saturated carbocycles. The van der Waals surface area contributed by atoms with Crippen LogP contribution in [0.25, 0.3) is 0 Å². The van der Waals surface area contributed by atoms with Gasteiger partial charge >= 0.3 is 11.9 Å². The molecule has 0 amide bonds. The minimum atomic E-state index is -1.11. The smallest absolute Gasteiger partial charge is 0.312 e. The first-order valence-corrected chi connectivity index (χ1v) is 13.9. The summed E-state index contributed by atoms with van der Waals surface area (Å²) in [4.78, 5) is 25.3. The zero-order valence-electron chi connectivity index (χ0n) is 22.6.